The molecule has 0 saturated carbocycles. The highest BCUT2D eigenvalue weighted by molar-refractivity contribution is 5.89. The van der Waals surface area contributed by atoms with Crippen molar-refractivity contribution >= 4 is 6.21 Å². The van der Waals surface area contributed by atoms with Crippen LogP contribution in [0.2, 0.25) is 0 Å². The number of rotatable bonds is 6. The highest BCUT2D eigenvalue weighted by Gasteiger charge is 2.13. The summed E-state index contributed by atoms with van der Waals surface area (Å²) in [6.45, 7) is 11.3. The number of aliphatic imine (C=N–C) groups is 1. The normalized spacial score (nSPS) is 11.6. The summed E-state index contributed by atoms with van der Waals surface area (Å²) < 4.78 is 6.18. The van der Waals surface area contributed by atoms with E-state index in [1.807, 2.05) is 12.3 Å². The molecule has 122 valence electrons. The molecular formula is C21H27NO. The van der Waals surface area contributed by atoms with Crippen LogP contribution < -0.4 is 4.74 Å². The van der Waals surface area contributed by atoms with Gasteiger partial charge in [-0.15, -0.1) is 0 Å². The van der Waals surface area contributed by atoms with Crippen LogP contribution in [0.5, 0.6) is 5.75 Å². The smallest absolute Gasteiger partial charge is 0.135 e. The second kappa shape index (κ2) is 7.96. The van der Waals surface area contributed by atoms with Crippen molar-refractivity contribution < 1.29 is 4.74 Å². The first-order valence-electron chi connectivity index (χ1n) is 8.33. The van der Waals surface area contributed by atoms with Crippen molar-refractivity contribution in [2.75, 3.05) is 6.61 Å². The van der Waals surface area contributed by atoms with Crippen LogP contribution in [0.3, 0.4) is 0 Å². The van der Waals surface area contributed by atoms with Crippen molar-refractivity contribution in [3.8, 4) is 16.9 Å². The Hall–Kier alpha value is -2.09. The van der Waals surface area contributed by atoms with Crippen LogP contribution in [0, 0.1) is 12.8 Å². The highest BCUT2D eigenvalue weighted by Crippen LogP contribution is 2.34. The third kappa shape index (κ3) is 4.95. The highest BCUT2D eigenvalue weighted by atomic mass is 16.5. The Labute approximate surface area is 140 Å². The Bertz CT molecular complexity index is 657. The van der Waals surface area contributed by atoms with E-state index in [9.17, 15) is 0 Å². The van der Waals surface area contributed by atoms with Crippen LogP contribution in [0.4, 0.5) is 0 Å². The molecule has 2 aromatic carbocycles. The van der Waals surface area contributed by atoms with Gasteiger partial charge in [-0.1, -0.05) is 44.2 Å². The van der Waals surface area contributed by atoms with Crippen LogP contribution >= 0.6 is 0 Å². The fourth-order valence-electron chi connectivity index (χ4n) is 2.37. The van der Waals surface area contributed by atoms with E-state index in [4.69, 9.17) is 4.74 Å². The molecule has 0 fully saturated rings. The maximum atomic E-state index is 6.18. The quantitative estimate of drug-likeness (QED) is 0.643. The van der Waals surface area contributed by atoms with E-state index in [1.165, 1.54) is 11.1 Å². The van der Waals surface area contributed by atoms with Gasteiger partial charge in [-0.25, -0.2) is 0 Å². The summed E-state index contributed by atoms with van der Waals surface area (Å²) in [6.07, 6.45) is 1.94. The number of benzene rings is 2. The van der Waals surface area contributed by atoms with Crippen LogP contribution in [-0.4, -0.2) is 18.9 Å². The molecule has 0 unspecified atom stereocenters. The Kier molecular flexibility index (Phi) is 5.97. The molecule has 2 rings (SSSR count). The minimum atomic E-state index is 0.272. The number of nitrogens with zero attached hydrogens (tertiary/aromatic N) is 1. The lowest BCUT2D eigenvalue weighted by atomic mass is 9.98. The molecule has 2 nitrogen and oxygen atoms in total. The van der Waals surface area contributed by atoms with Gasteiger partial charge in [0.25, 0.3) is 0 Å². The minimum Gasteiger partial charge on any atom is -0.492 e. The first-order chi connectivity index (χ1) is 11.0. The summed E-state index contributed by atoms with van der Waals surface area (Å²) in [5.74, 6) is 1.41. The topological polar surface area (TPSA) is 21.6 Å². The van der Waals surface area contributed by atoms with E-state index < -0.39 is 0 Å². The summed E-state index contributed by atoms with van der Waals surface area (Å²) in [7, 11) is 0. The van der Waals surface area contributed by atoms with Gasteiger partial charge < -0.3 is 4.74 Å². The van der Waals surface area contributed by atoms with Crippen molar-refractivity contribution in [2.45, 2.75) is 40.7 Å². The third-order valence-corrected chi connectivity index (χ3v) is 3.42. The Balaban J connectivity index is 2.54. The van der Waals surface area contributed by atoms with Crippen LogP contribution in [-0.2, 0) is 0 Å². The summed E-state index contributed by atoms with van der Waals surface area (Å²) in [5, 5.41) is 0. The average molecular weight is 309 g/mol. The summed E-state index contributed by atoms with van der Waals surface area (Å²) >= 11 is 0. The molecular weight excluding hydrogens is 282 g/mol. The average Bonchev–Trinajstić information content (AvgIpc) is 2.51. The summed E-state index contributed by atoms with van der Waals surface area (Å²) in [6, 6.07) is 15.0. The first kappa shape index (κ1) is 17.3. The lowest BCUT2D eigenvalue weighted by Crippen LogP contribution is -2.08. The number of aryl methyl sites for hydroxylation is 1. The van der Waals surface area contributed by atoms with E-state index in [0.717, 1.165) is 16.9 Å². The van der Waals surface area contributed by atoms with Gasteiger partial charge in [0.2, 0.25) is 0 Å². The fraction of sp³-hybridized carbons (Fsp3) is 0.381. The van der Waals surface area contributed by atoms with Gasteiger partial charge in [0.15, 0.2) is 0 Å². The molecule has 0 N–H and O–H groups in total. The van der Waals surface area contributed by atoms with Gasteiger partial charge in [-0.3, -0.25) is 4.99 Å². The van der Waals surface area contributed by atoms with Gasteiger partial charge in [0.1, 0.15) is 5.75 Å². The van der Waals surface area contributed by atoms with Crippen molar-refractivity contribution in [1.82, 2.24) is 0 Å². The second-order valence-corrected chi connectivity index (χ2v) is 6.67. The van der Waals surface area contributed by atoms with Crippen LogP contribution in [0.25, 0.3) is 11.1 Å². The van der Waals surface area contributed by atoms with E-state index in [0.29, 0.717) is 12.5 Å². The monoisotopic (exact) mass is 309 g/mol. The maximum absolute atomic E-state index is 6.18. The van der Waals surface area contributed by atoms with E-state index >= 15 is 0 Å². The summed E-state index contributed by atoms with van der Waals surface area (Å²) in [5.41, 5.74) is 4.58. The van der Waals surface area contributed by atoms with Crippen molar-refractivity contribution in [3.63, 3.8) is 0 Å². The zero-order chi connectivity index (χ0) is 16.8. The molecule has 2 heteroatoms. The molecule has 0 bridgehead atoms. The van der Waals surface area contributed by atoms with Gasteiger partial charge in [0, 0.05) is 23.4 Å². The Morgan fingerprint density at radius 2 is 1.74 bits per heavy atom. The van der Waals surface area contributed by atoms with Crippen molar-refractivity contribution in [1.29, 1.82) is 0 Å². The van der Waals surface area contributed by atoms with Crippen LogP contribution in [0.1, 0.15) is 38.8 Å². The third-order valence-electron chi connectivity index (χ3n) is 3.42. The lowest BCUT2D eigenvalue weighted by molar-refractivity contribution is 0.272. The van der Waals surface area contributed by atoms with Crippen LogP contribution in [0.15, 0.2) is 47.5 Å². The molecule has 0 spiro atoms. The predicted octanol–water partition coefficient (Wildman–Crippen LogP) is 5.52. The molecule has 23 heavy (non-hydrogen) atoms. The molecule has 0 saturated heterocycles. The molecule has 0 radical (unpaired) electrons. The molecule has 0 aliphatic carbocycles. The molecule has 0 aliphatic rings. The molecule has 0 aliphatic heterocycles. The molecule has 0 aromatic heterocycles. The largest absolute Gasteiger partial charge is 0.492 e. The van der Waals surface area contributed by atoms with Gasteiger partial charge in [0.05, 0.1) is 6.61 Å². The van der Waals surface area contributed by atoms with Crippen molar-refractivity contribution in [2.24, 2.45) is 10.9 Å². The van der Waals surface area contributed by atoms with Gasteiger partial charge >= 0.3 is 0 Å². The zero-order valence-corrected chi connectivity index (χ0v) is 14.8. The SMILES string of the molecule is Cc1cc(/C=N/C(C)C)c(OCC(C)C)c(-c2ccccc2)c1. The molecule has 0 heterocycles. The fourth-order valence-corrected chi connectivity index (χ4v) is 2.37. The Morgan fingerprint density at radius 3 is 2.35 bits per heavy atom. The van der Waals surface area contributed by atoms with E-state index in [-0.39, 0.29) is 6.04 Å². The second-order valence-electron chi connectivity index (χ2n) is 6.67. The minimum absolute atomic E-state index is 0.272. The molecule has 2 aromatic rings. The standard InChI is InChI=1S/C21H27NO/c1-15(2)14-23-21-19(13-22-16(3)4)11-17(5)12-20(21)18-9-7-6-8-10-18/h6-13,15-16H,14H2,1-5H3/b22-13+. The number of hydrogen-bond donors (Lipinski definition) is 0. The molecule has 0 atom stereocenters. The predicted molar refractivity (Wildman–Crippen MR) is 99.7 cm³/mol. The van der Waals surface area contributed by atoms with E-state index in [2.05, 4.69) is 76.0 Å². The number of hydrogen-bond acceptors (Lipinski definition) is 2. The zero-order valence-electron chi connectivity index (χ0n) is 14.8. The lowest BCUT2D eigenvalue weighted by Gasteiger charge is -2.17. The van der Waals surface area contributed by atoms with Gasteiger partial charge in [-0.05, 0) is 49.9 Å². The molecule has 0 amide bonds. The van der Waals surface area contributed by atoms with Gasteiger partial charge in [-0.2, -0.15) is 0 Å². The summed E-state index contributed by atoms with van der Waals surface area (Å²) in [4.78, 5) is 4.55. The first-order valence-corrected chi connectivity index (χ1v) is 8.33. The van der Waals surface area contributed by atoms with E-state index in [1.54, 1.807) is 0 Å². The maximum Gasteiger partial charge on any atom is 0.135 e. The Morgan fingerprint density at radius 1 is 1.04 bits per heavy atom. The van der Waals surface area contributed by atoms with Crippen molar-refractivity contribution in [3.05, 3.63) is 53.6 Å². The number of ether oxygens (including phenoxy) is 1.